The molecule has 0 saturated carbocycles. The molecule has 26 heavy (non-hydrogen) atoms. The van der Waals surface area contributed by atoms with Crippen molar-refractivity contribution in [3.8, 4) is 5.75 Å². The van der Waals surface area contributed by atoms with Crippen LogP contribution in [-0.2, 0) is 10.2 Å². The zero-order chi connectivity index (χ0) is 18.6. The second-order valence-corrected chi connectivity index (χ2v) is 7.36. The molecule has 2 aromatic rings. The van der Waals surface area contributed by atoms with Crippen molar-refractivity contribution in [3.63, 3.8) is 0 Å². The number of ether oxygens (including phenoxy) is 2. The van der Waals surface area contributed by atoms with Gasteiger partial charge in [-0.3, -0.25) is 4.79 Å². The molecule has 0 spiro atoms. The molecular weight excluding hydrogens is 354 g/mol. The first-order chi connectivity index (χ1) is 12.5. The average Bonchev–Trinajstić information content (AvgIpc) is 3.18. The van der Waals surface area contributed by atoms with E-state index in [2.05, 4.69) is 5.32 Å². The van der Waals surface area contributed by atoms with Gasteiger partial charge < -0.3 is 19.9 Å². The highest BCUT2D eigenvalue weighted by molar-refractivity contribution is 7.15. The molecule has 1 amide bonds. The molecule has 7 heteroatoms. The number of benzene rings is 1. The van der Waals surface area contributed by atoms with Crippen molar-refractivity contribution >= 4 is 23.2 Å². The molecule has 0 bridgehead atoms. The maximum atomic E-state index is 12.5. The fourth-order valence-corrected chi connectivity index (χ4v) is 3.95. The third-order valence-electron chi connectivity index (χ3n) is 4.78. The zero-order valence-corrected chi connectivity index (χ0v) is 15.3. The Balaban J connectivity index is 1.75. The molecular formula is C19H21NO5S. The number of carbonyl (C=O) groups is 2. The minimum atomic E-state index is -1.02. The zero-order valence-electron chi connectivity index (χ0n) is 14.5. The van der Waals surface area contributed by atoms with Gasteiger partial charge in [-0.05, 0) is 42.7 Å². The van der Waals surface area contributed by atoms with E-state index < -0.39 is 5.97 Å². The lowest BCUT2D eigenvalue weighted by Crippen LogP contribution is -2.44. The predicted octanol–water partition coefficient (Wildman–Crippen LogP) is 2.93. The van der Waals surface area contributed by atoms with Gasteiger partial charge in [0.25, 0.3) is 5.91 Å². The topological polar surface area (TPSA) is 84.9 Å². The minimum absolute atomic E-state index is 0.158. The Kier molecular flexibility index (Phi) is 5.58. The van der Waals surface area contributed by atoms with Gasteiger partial charge in [0.2, 0.25) is 0 Å². The first kappa shape index (κ1) is 18.4. The molecule has 1 aliphatic rings. The molecule has 1 aliphatic heterocycles. The molecule has 6 nitrogen and oxygen atoms in total. The highest BCUT2D eigenvalue weighted by Gasteiger charge is 2.35. The number of rotatable bonds is 6. The number of carboxylic acid groups (broad SMARTS) is 1. The van der Waals surface area contributed by atoms with Crippen LogP contribution in [0.5, 0.6) is 5.75 Å². The number of carbonyl (C=O) groups excluding carboxylic acids is 1. The van der Waals surface area contributed by atoms with Crippen molar-refractivity contribution in [1.82, 2.24) is 5.32 Å². The van der Waals surface area contributed by atoms with E-state index >= 15 is 0 Å². The van der Waals surface area contributed by atoms with Crippen molar-refractivity contribution < 1.29 is 24.2 Å². The van der Waals surface area contributed by atoms with Gasteiger partial charge in [0.05, 0.1) is 12.0 Å². The van der Waals surface area contributed by atoms with Gasteiger partial charge in [-0.1, -0.05) is 12.1 Å². The highest BCUT2D eigenvalue weighted by Crippen LogP contribution is 2.35. The van der Waals surface area contributed by atoms with E-state index in [0.29, 0.717) is 24.6 Å². The Morgan fingerprint density at radius 2 is 1.81 bits per heavy atom. The number of amides is 1. The first-order valence-corrected chi connectivity index (χ1v) is 9.19. The Hall–Kier alpha value is -2.38. The summed E-state index contributed by atoms with van der Waals surface area (Å²) < 4.78 is 10.7. The summed E-state index contributed by atoms with van der Waals surface area (Å²) >= 11 is 0.983. The third kappa shape index (κ3) is 3.89. The largest absolute Gasteiger partial charge is 0.497 e. The SMILES string of the molecule is COc1ccc(C2(CNC(=O)c3ccc(C(=O)O)s3)CCOCC2)cc1. The van der Waals surface area contributed by atoms with Crippen molar-refractivity contribution in [1.29, 1.82) is 0 Å². The van der Waals surface area contributed by atoms with Crippen LogP contribution in [0.25, 0.3) is 0 Å². The summed E-state index contributed by atoms with van der Waals surface area (Å²) in [5.74, 6) is -0.477. The van der Waals surface area contributed by atoms with Crippen LogP contribution in [0, 0.1) is 0 Å². The molecule has 2 heterocycles. The van der Waals surface area contributed by atoms with Crippen molar-refractivity contribution in [3.05, 3.63) is 51.7 Å². The molecule has 1 saturated heterocycles. The van der Waals surface area contributed by atoms with Gasteiger partial charge in [-0.25, -0.2) is 4.79 Å². The maximum absolute atomic E-state index is 12.5. The molecule has 0 unspecified atom stereocenters. The summed E-state index contributed by atoms with van der Waals surface area (Å²) in [7, 11) is 1.63. The van der Waals surface area contributed by atoms with Crippen LogP contribution in [-0.4, -0.2) is 43.9 Å². The smallest absolute Gasteiger partial charge is 0.345 e. The highest BCUT2D eigenvalue weighted by atomic mass is 32.1. The first-order valence-electron chi connectivity index (χ1n) is 8.38. The fourth-order valence-electron chi connectivity index (χ4n) is 3.19. The standard InChI is InChI=1S/C19H21NO5S/c1-24-14-4-2-13(3-5-14)19(8-10-25-11-9-19)12-20-17(21)15-6-7-16(26-15)18(22)23/h2-7H,8-12H2,1H3,(H,20,21)(H,22,23). The Bertz CT molecular complexity index is 777. The average molecular weight is 375 g/mol. The summed E-state index contributed by atoms with van der Waals surface area (Å²) in [4.78, 5) is 24.0. The van der Waals surface area contributed by atoms with E-state index in [1.54, 1.807) is 13.2 Å². The summed E-state index contributed by atoms with van der Waals surface area (Å²) in [6.07, 6.45) is 1.62. The normalized spacial score (nSPS) is 16.0. The number of thiophene rings is 1. The van der Waals surface area contributed by atoms with E-state index in [9.17, 15) is 9.59 Å². The summed E-state index contributed by atoms with van der Waals surface area (Å²) in [6, 6.07) is 10.9. The monoisotopic (exact) mass is 375 g/mol. The van der Waals surface area contributed by atoms with Gasteiger partial charge >= 0.3 is 5.97 Å². The molecule has 0 radical (unpaired) electrons. The number of nitrogens with one attached hydrogen (secondary N) is 1. The van der Waals surface area contributed by atoms with Crippen molar-refractivity contribution in [2.24, 2.45) is 0 Å². The Labute approximate surface area is 155 Å². The second-order valence-electron chi connectivity index (χ2n) is 6.27. The molecule has 2 N–H and O–H groups in total. The number of aromatic carboxylic acids is 1. The quantitative estimate of drug-likeness (QED) is 0.811. The van der Waals surface area contributed by atoms with Crippen LogP contribution >= 0.6 is 11.3 Å². The van der Waals surface area contributed by atoms with Crippen LogP contribution in [0.2, 0.25) is 0 Å². The van der Waals surface area contributed by atoms with E-state index in [4.69, 9.17) is 14.6 Å². The van der Waals surface area contributed by atoms with Crippen LogP contribution in [0.1, 0.15) is 37.7 Å². The summed E-state index contributed by atoms with van der Waals surface area (Å²) in [6.45, 7) is 1.76. The van der Waals surface area contributed by atoms with Crippen LogP contribution < -0.4 is 10.1 Å². The summed E-state index contributed by atoms with van der Waals surface area (Å²) in [5.41, 5.74) is 0.937. The third-order valence-corrected chi connectivity index (χ3v) is 5.85. The Morgan fingerprint density at radius 1 is 1.15 bits per heavy atom. The number of carboxylic acids is 1. The molecule has 1 aromatic carbocycles. The van der Waals surface area contributed by atoms with E-state index in [0.717, 1.165) is 35.5 Å². The second kappa shape index (κ2) is 7.88. The molecule has 0 atom stereocenters. The lowest BCUT2D eigenvalue weighted by molar-refractivity contribution is 0.0487. The summed E-state index contributed by atoms with van der Waals surface area (Å²) in [5, 5.41) is 12.0. The molecule has 3 rings (SSSR count). The van der Waals surface area contributed by atoms with Gasteiger partial charge in [0, 0.05) is 25.2 Å². The minimum Gasteiger partial charge on any atom is -0.497 e. The van der Waals surface area contributed by atoms with Crippen LogP contribution in [0.3, 0.4) is 0 Å². The van der Waals surface area contributed by atoms with Gasteiger partial charge in [-0.2, -0.15) is 0 Å². The molecule has 0 aliphatic carbocycles. The number of hydrogen-bond acceptors (Lipinski definition) is 5. The van der Waals surface area contributed by atoms with Gasteiger partial charge in [-0.15, -0.1) is 11.3 Å². The van der Waals surface area contributed by atoms with Crippen LogP contribution in [0.4, 0.5) is 0 Å². The lowest BCUT2D eigenvalue weighted by Gasteiger charge is -2.38. The number of methoxy groups -OCH3 is 1. The maximum Gasteiger partial charge on any atom is 0.345 e. The van der Waals surface area contributed by atoms with Gasteiger partial charge in [0.15, 0.2) is 0 Å². The van der Waals surface area contributed by atoms with Crippen LogP contribution in [0.15, 0.2) is 36.4 Å². The molecule has 1 fully saturated rings. The molecule has 1 aromatic heterocycles. The van der Waals surface area contributed by atoms with E-state index in [-0.39, 0.29) is 16.2 Å². The van der Waals surface area contributed by atoms with Crippen molar-refractivity contribution in [2.75, 3.05) is 26.9 Å². The van der Waals surface area contributed by atoms with Gasteiger partial charge in [0.1, 0.15) is 10.6 Å². The lowest BCUT2D eigenvalue weighted by atomic mass is 9.74. The van der Waals surface area contributed by atoms with E-state index in [1.807, 2.05) is 24.3 Å². The Morgan fingerprint density at radius 3 is 2.38 bits per heavy atom. The fraction of sp³-hybridized carbons (Fsp3) is 0.368. The molecule has 138 valence electrons. The predicted molar refractivity (Wildman–Crippen MR) is 98.3 cm³/mol. The van der Waals surface area contributed by atoms with E-state index in [1.165, 1.54) is 6.07 Å². The van der Waals surface area contributed by atoms with Crippen molar-refractivity contribution in [2.45, 2.75) is 18.3 Å². The number of hydrogen-bond donors (Lipinski definition) is 2.